The fourth-order valence-corrected chi connectivity index (χ4v) is 4.79. The Kier molecular flexibility index (Phi) is 11.0. The number of carbonyl (C=O) groups is 4. The van der Waals surface area contributed by atoms with Crippen LogP contribution in [-0.2, 0) is 19.2 Å². The third kappa shape index (κ3) is 6.85. The van der Waals surface area contributed by atoms with Crippen molar-refractivity contribution >= 4 is 23.6 Å². The second kappa shape index (κ2) is 13.4. The number of hydrogen-bond acceptors (Lipinski definition) is 5. The number of carbonyl (C=O) groups excluding carboxylic acids is 4. The van der Waals surface area contributed by atoms with Gasteiger partial charge in [-0.25, -0.2) is 0 Å². The minimum absolute atomic E-state index is 0.0899. The van der Waals surface area contributed by atoms with Crippen LogP contribution in [0.4, 0.5) is 0 Å². The molecule has 0 aromatic heterocycles. The Hall–Kier alpha value is -2.28. The van der Waals surface area contributed by atoms with E-state index in [1.165, 1.54) is 9.80 Å². The molecule has 33 heavy (non-hydrogen) atoms. The van der Waals surface area contributed by atoms with Crippen molar-refractivity contribution in [3.05, 3.63) is 24.3 Å². The number of rotatable bonds is 14. The number of imide groups is 2. The molecule has 0 radical (unpaired) electrons. The van der Waals surface area contributed by atoms with Crippen LogP contribution in [0.25, 0.3) is 0 Å². The van der Waals surface area contributed by atoms with Crippen LogP contribution in [-0.4, -0.2) is 59.6 Å². The smallest absolute Gasteiger partial charge is 0.233 e. The van der Waals surface area contributed by atoms with Crippen molar-refractivity contribution in [1.29, 1.82) is 0 Å². The maximum Gasteiger partial charge on any atom is 0.233 e. The van der Waals surface area contributed by atoms with E-state index in [-0.39, 0.29) is 60.1 Å². The van der Waals surface area contributed by atoms with E-state index in [9.17, 15) is 19.2 Å². The van der Waals surface area contributed by atoms with Crippen LogP contribution in [0.2, 0.25) is 0 Å². The number of likely N-dealkylation sites (tertiary alicyclic amines) is 2. The highest BCUT2D eigenvalue weighted by Crippen LogP contribution is 2.31. The van der Waals surface area contributed by atoms with Gasteiger partial charge in [-0.05, 0) is 37.5 Å². The molecule has 0 saturated carbocycles. The summed E-state index contributed by atoms with van der Waals surface area (Å²) in [5.74, 6) is -0.758. The molecule has 0 aromatic rings. The average Bonchev–Trinajstić information content (AvgIpc) is 3.24. The van der Waals surface area contributed by atoms with Crippen molar-refractivity contribution in [2.75, 3.05) is 26.2 Å². The molecule has 2 heterocycles. The highest BCUT2D eigenvalue weighted by atomic mass is 16.2. The van der Waals surface area contributed by atoms with Crippen LogP contribution in [0.3, 0.4) is 0 Å². The van der Waals surface area contributed by atoms with Crippen molar-refractivity contribution in [2.24, 2.45) is 23.7 Å². The van der Waals surface area contributed by atoms with Crippen molar-refractivity contribution in [3.63, 3.8) is 0 Å². The number of allylic oxidation sites excluding steroid dienone is 4. The lowest BCUT2D eigenvalue weighted by Crippen LogP contribution is -2.41. The molecule has 4 atom stereocenters. The molecular formula is C26H41N3O4. The minimum atomic E-state index is -0.268. The molecule has 2 aliphatic heterocycles. The molecule has 0 spiro atoms. The molecule has 2 rings (SSSR count). The van der Waals surface area contributed by atoms with Crippen LogP contribution >= 0.6 is 0 Å². The Morgan fingerprint density at radius 3 is 1.48 bits per heavy atom. The molecule has 2 saturated heterocycles. The summed E-state index contributed by atoms with van der Waals surface area (Å²) in [4.78, 5) is 53.1. The molecule has 0 aromatic carbocycles. The molecule has 7 heteroatoms. The van der Waals surface area contributed by atoms with Gasteiger partial charge in [0.2, 0.25) is 23.6 Å². The highest BCUT2D eigenvalue weighted by Gasteiger charge is 2.42. The average molecular weight is 460 g/mol. The lowest BCUT2D eigenvalue weighted by Gasteiger charge is -2.20. The zero-order valence-electron chi connectivity index (χ0n) is 20.7. The largest absolute Gasteiger partial charge is 0.313 e. The van der Waals surface area contributed by atoms with Gasteiger partial charge in [0.15, 0.2) is 0 Å². The zero-order chi connectivity index (χ0) is 24.4. The quantitative estimate of drug-likeness (QED) is 0.245. The number of nitrogens with zero attached hydrogens (tertiary/aromatic N) is 2. The predicted molar refractivity (Wildman–Crippen MR) is 129 cm³/mol. The summed E-state index contributed by atoms with van der Waals surface area (Å²) in [6.07, 6.45) is 12.3. The standard InChI is InChI=1S/C26H41N3O4/c1-5-9-11-19(7-3)21-17-23(30)28(25(21)32)15-13-27-14-16-29-24(31)18-22(26(29)33)20(8-4)12-10-6-2/h9-12,19-22,27H,5-8,13-18H2,1-4H3/b11-9+,12-10+. The Morgan fingerprint density at radius 1 is 0.758 bits per heavy atom. The van der Waals surface area contributed by atoms with E-state index in [2.05, 4.69) is 43.5 Å². The van der Waals surface area contributed by atoms with Gasteiger partial charge in [-0.15, -0.1) is 0 Å². The Labute approximate surface area is 198 Å². The molecular weight excluding hydrogens is 418 g/mol. The monoisotopic (exact) mass is 459 g/mol. The van der Waals surface area contributed by atoms with Crippen LogP contribution in [0.15, 0.2) is 24.3 Å². The van der Waals surface area contributed by atoms with Crippen LogP contribution in [0.1, 0.15) is 66.2 Å². The maximum atomic E-state index is 12.8. The van der Waals surface area contributed by atoms with Crippen molar-refractivity contribution in [3.8, 4) is 0 Å². The summed E-state index contributed by atoms with van der Waals surface area (Å²) in [6, 6.07) is 0. The normalized spacial score (nSPS) is 23.6. The Bertz CT molecular complexity index is 699. The van der Waals surface area contributed by atoms with E-state index in [0.29, 0.717) is 26.2 Å². The van der Waals surface area contributed by atoms with Gasteiger partial charge in [-0.2, -0.15) is 0 Å². The van der Waals surface area contributed by atoms with E-state index < -0.39 is 0 Å². The highest BCUT2D eigenvalue weighted by molar-refractivity contribution is 6.04. The van der Waals surface area contributed by atoms with Crippen molar-refractivity contribution in [1.82, 2.24) is 15.1 Å². The summed E-state index contributed by atoms with van der Waals surface area (Å²) < 4.78 is 0. The summed E-state index contributed by atoms with van der Waals surface area (Å²) in [6.45, 7) is 9.71. The van der Waals surface area contributed by atoms with Crippen LogP contribution in [0, 0.1) is 23.7 Å². The first-order chi connectivity index (χ1) is 15.9. The third-order valence-electron chi connectivity index (χ3n) is 6.80. The molecule has 0 aliphatic carbocycles. The summed E-state index contributed by atoms with van der Waals surface area (Å²) in [5.41, 5.74) is 0. The Morgan fingerprint density at radius 2 is 1.15 bits per heavy atom. The molecule has 2 aliphatic rings. The first-order valence-electron chi connectivity index (χ1n) is 12.6. The van der Waals surface area contributed by atoms with Gasteiger partial charge in [-0.3, -0.25) is 29.0 Å². The van der Waals surface area contributed by atoms with Gasteiger partial charge in [0.05, 0.1) is 11.8 Å². The topological polar surface area (TPSA) is 86.8 Å². The molecule has 7 nitrogen and oxygen atoms in total. The van der Waals surface area contributed by atoms with Gasteiger partial charge in [0, 0.05) is 39.0 Å². The fourth-order valence-electron chi connectivity index (χ4n) is 4.79. The van der Waals surface area contributed by atoms with E-state index in [1.54, 1.807) is 0 Å². The maximum absolute atomic E-state index is 12.8. The molecule has 2 fully saturated rings. The minimum Gasteiger partial charge on any atom is -0.313 e. The molecule has 0 bridgehead atoms. The van der Waals surface area contributed by atoms with Crippen molar-refractivity contribution < 1.29 is 19.2 Å². The number of nitrogens with one attached hydrogen (secondary N) is 1. The van der Waals surface area contributed by atoms with Crippen LogP contribution < -0.4 is 5.32 Å². The molecule has 184 valence electrons. The van der Waals surface area contributed by atoms with Gasteiger partial charge in [0.1, 0.15) is 0 Å². The second-order valence-corrected chi connectivity index (χ2v) is 8.96. The van der Waals surface area contributed by atoms with E-state index in [0.717, 1.165) is 25.7 Å². The third-order valence-corrected chi connectivity index (χ3v) is 6.80. The first kappa shape index (κ1) is 27.0. The predicted octanol–water partition coefficient (Wildman–Crippen LogP) is 3.31. The number of amides is 4. The molecule has 1 N–H and O–H groups in total. The lowest BCUT2D eigenvalue weighted by atomic mass is 9.88. The second-order valence-electron chi connectivity index (χ2n) is 8.96. The van der Waals surface area contributed by atoms with Gasteiger partial charge >= 0.3 is 0 Å². The lowest BCUT2D eigenvalue weighted by molar-refractivity contribution is -0.140. The van der Waals surface area contributed by atoms with E-state index >= 15 is 0 Å². The first-order valence-corrected chi connectivity index (χ1v) is 12.6. The summed E-state index contributed by atoms with van der Waals surface area (Å²) in [7, 11) is 0. The van der Waals surface area contributed by atoms with E-state index in [4.69, 9.17) is 0 Å². The summed E-state index contributed by atoms with van der Waals surface area (Å²) >= 11 is 0. The fraction of sp³-hybridized carbons (Fsp3) is 0.692. The van der Waals surface area contributed by atoms with Gasteiger partial charge < -0.3 is 5.32 Å². The van der Waals surface area contributed by atoms with Gasteiger partial charge in [0.25, 0.3) is 0 Å². The number of hydrogen-bond donors (Lipinski definition) is 1. The Balaban J connectivity index is 1.80. The summed E-state index contributed by atoms with van der Waals surface area (Å²) in [5, 5.41) is 3.19. The van der Waals surface area contributed by atoms with Gasteiger partial charge in [-0.1, -0.05) is 52.0 Å². The van der Waals surface area contributed by atoms with Crippen LogP contribution in [0.5, 0.6) is 0 Å². The van der Waals surface area contributed by atoms with E-state index in [1.807, 2.05) is 13.8 Å². The zero-order valence-corrected chi connectivity index (χ0v) is 20.7. The molecule has 4 amide bonds. The van der Waals surface area contributed by atoms with Crippen molar-refractivity contribution in [2.45, 2.75) is 66.2 Å². The SMILES string of the molecule is CC/C=C/C(CC)C1CC(=O)N(CCNCCN2C(=O)CC(C(/C=C/CC)CC)C2=O)C1=O. The molecule has 4 unspecified atom stereocenters.